The molecule has 8 nitrogen and oxygen atoms in total. The van der Waals surface area contributed by atoms with Crippen LogP contribution in [0.4, 0.5) is 5.69 Å². The van der Waals surface area contributed by atoms with Gasteiger partial charge in [-0.3, -0.25) is 14.9 Å². The molecular weight excluding hydrogens is 266 g/mol. The van der Waals surface area contributed by atoms with E-state index in [2.05, 4.69) is 10.5 Å². The first-order valence-electron chi connectivity index (χ1n) is 5.40. The van der Waals surface area contributed by atoms with Gasteiger partial charge in [-0.25, -0.2) is 10.2 Å². The van der Waals surface area contributed by atoms with Gasteiger partial charge in [0.2, 0.25) is 0 Å². The van der Waals surface area contributed by atoms with Crippen molar-refractivity contribution in [3.05, 3.63) is 52.1 Å². The second-order valence-corrected chi connectivity index (χ2v) is 3.65. The quantitative estimate of drug-likeness (QED) is 0.361. The van der Waals surface area contributed by atoms with Crippen LogP contribution in [0.1, 0.15) is 12.5 Å². The molecule has 104 valence electrons. The summed E-state index contributed by atoms with van der Waals surface area (Å²) in [5.74, 6) is -1.93. The molecule has 0 unspecified atom stereocenters. The van der Waals surface area contributed by atoms with Crippen LogP contribution in [0.15, 0.2) is 41.5 Å². The van der Waals surface area contributed by atoms with Gasteiger partial charge in [0.25, 0.3) is 11.6 Å². The van der Waals surface area contributed by atoms with E-state index in [0.29, 0.717) is 17.4 Å². The molecular formula is C12H11N3O5. The number of carboxylic acid groups (broad SMARTS) is 1. The predicted octanol–water partition coefficient (Wildman–Crippen LogP) is 1.08. The minimum absolute atomic E-state index is 0.0463. The number of hydrogen-bond donors (Lipinski definition) is 2. The van der Waals surface area contributed by atoms with Crippen LogP contribution in [0, 0.1) is 10.1 Å². The molecule has 1 aromatic rings. The van der Waals surface area contributed by atoms with Crippen molar-refractivity contribution in [1.29, 1.82) is 0 Å². The highest BCUT2D eigenvalue weighted by Gasteiger charge is 2.05. The summed E-state index contributed by atoms with van der Waals surface area (Å²) in [6.45, 7) is 1.60. The SMILES string of the molecule is CC(=NNC(=O)C=CC(=O)O)c1ccc([N+](=O)[O-])cc1. The fourth-order valence-electron chi connectivity index (χ4n) is 1.21. The number of aliphatic carboxylic acids is 1. The van der Waals surface area contributed by atoms with Crippen LogP contribution in [0.3, 0.4) is 0 Å². The number of carbonyl (C=O) groups excluding carboxylic acids is 1. The molecule has 0 bridgehead atoms. The molecule has 0 fully saturated rings. The Kier molecular flexibility index (Phi) is 5.10. The summed E-state index contributed by atoms with van der Waals surface area (Å²) in [4.78, 5) is 31.3. The normalized spacial score (nSPS) is 11.3. The number of nitro groups is 1. The van der Waals surface area contributed by atoms with Crippen LogP contribution in [-0.2, 0) is 9.59 Å². The second kappa shape index (κ2) is 6.78. The van der Waals surface area contributed by atoms with Gasteiger partial charge in [0.05, 0.1) is 10.6 Å². The van der Waals surface area contributed by atoms with Gasteiger partial charge in [-0.15, -0.1) is 0 Å². The lowest BCUT2D eigenvalue weighted by Crippen LogP contribution is -2.16. The van der Waals surface area contributed by atoms with Gasteiger partial charge in [-0.2, -0.15) is 5.10 Å². The minimum atomic E-state index is -1.24. The van der Waals surface area contributed by atoms with E-state index in [1.807, 2.05) is 0 Å². The number of nitro benzene ring substituents is 1. The van der Waals surface area contributed by atoms with Crippen molar-refractivity contribution in [1.82, 2.24) is 5.43 Å². The molecule has 0 aromatic heterocycles. The topological polar surface area (TPSA) is 122 Å². The first kappa shape index (κ1) is 15.0. The van der Waals surface area contributed by atoms with Crippen LogP contribution in [0.2, 0.25) is 0 Å². The van der Waals surface area contributed by atoms with Crippen molar-refractivity contribution in [3.8, 4) is 0 Å². The van der Waals surface area contributed by atoms with Crippen molar-refractivity contribution < 1.29 is 19.6 Å². The summed E-state index contributed by atoms with van der Waals surface area (Å²) in [6, 6.07) is 5.63. The van der Waals surface area contributed by atoms with Gasteiger partial charge in [-0.1, -0.05) is 0 Å². The molecule has 0 radical (unpaired) electrons. The number of hydrazone groups is 1. The first-order valence-corrected chi connectivity index (χ1v) is 5.40. The maximum atomic E-state index is 11.2. The predicted molar refractivity (Wildman–Crippen MR) is 70.2 cm³/mol. The molecule has 1 aromatic carbocycles. The molecule has 0 saturated carbocycles. The van der Waals surface area contributed by atoms with Crippen LogP contribution < -0.4 is 5.43 Å². The standard InChI is InChI=1S/C12H11N3O5/c1-8(13-14-11(16)6-7-12(17)18)9-2-4-10(5-3-9)15(19)20/h2-7H,1H3,(H,14,16)(H,17,18). The Hall–Kier alpha value is -3.03. The molecule has 0 heterocycles. The second-order valence-electron chi connectivity index (χ2n) is 3.65. The number of non-ortho nitro benzene ring substituents is 1. The van der Waals surface area contributed by atoms with E-state index in [0.717, 1.165) is 6.08 Å². The van der Waals surface area contributed by atoms with Crippen molar-refractivity contribution in [2.45, 2.75) is 6.92 Å². The van der Waals surface area contributed by atoms with Crippen LogP contribution >= 0.6 is 0 Å². The lowest BCUT2D eigenvalue weighted by molar-refractivity contribution is -0.384. The Balaban J connectivity index is 2.71. The molecule has 8 heteroatoms. The van der Waals surface area contributed by atoms with Crippen LogP contribution in [-0.4, -0.2) is 27.6 Å². The number of rotatable bonds is 5. The summed E-state index contributed by atoms with van der Waals surface area (Å²) in [5, 5.41) is 22.6. The summed E-state index contributed by atoms with van der Waals surface area (Å²) in [5.41, 5.74) is 3.12. The molecule has 0 spiro atoms. The lowest BCUT2D eigenvalue weighted by Gasteiger charge is -2.00. The average molecular weight is 277 g/mol. The van der Waals surface area contributed by atoms with E-state index >= 15 is 0 Å². The molecule has 0 saturated heterocycles. The van der Waals surface area contributed by atoms with E-state index in [4.69, 9.17) is 5.11 Å². The third-order valence-corrected chi connectivity index (χ3v) is 2.21. The van der Waals surface area contributed by atoms with Crippen LogP contribution in [0.5, 0.6) is 0 Å². The Bertz CT molecular complexity index is 590. The van der Waals surface area contributed by atoms with Crippen molar-refractivity contribution in [2.24, 2.45) is 5.10 Å². The highest BCUT2D eigenvalue weighted by Crippen LogP contribution is 2.12. The van der Waals surface area contributed by atoms with E-state index in [9.17, 15) is 19.7 Å². The molecule has 0 atom stereocenters. The smallest absolute Gasteiger partial charge is 0.328 e. The summed E-state index contributed by atoms with van der Waals surface area (Å²) < 4.78 is 0. The summed E-state index contributed by atoms with van der Waals surface area (Å²) in [6.07, 6.45) is 1.51. The highest BCUT2D eigenvalue weighted by atomic mass is 16.6. The monoisotopic (exact) mass is 277 g/mol. The Morgan fingerprint density at radius 1 is 1.30 bits per heavy atom. The number of carbonyl (C=O) groups is 2. The number of nitrogens with one attached hydrogen (secondary N) is 1. The van der Waals surface area contributed by atoms with Crippen LogP contribution in [0.25, 0.3) is 0 Å². The molecule has 1 amide bonds. The minimum Gasteiger partial charge on any atom is -0.478 e. The van der Waals surface area contributed by atoms with Gasteiger partial charge >= 0.3 is 5.97 Å². The van der Waals surface area contributed by atoms with Crippen molar-refractivity contribution >= 4 is 23.3 Å². The Morgan fingerprint density at radius 2 is 1.90 bits per heavy atom. The number of nitrogens with zero attached hydrogens (tertiary/aromatic N) is 2. The molecule has 0 aliphatic heterocycles. The number of amides is 1. The molecule has 2 N–H and O–H groups in total. The third kappa shape index (κ3) is 4.69. The van der Waals surface area contributed by atoms with Gasteiger partial charge in [-0.05, 0) is 24.6 Å². The Labute approximate surface area is 113 Å². The van der Waals surface area contributed by atoms with Crippen molar-refractivity contribution in [2.75, 3.05) is 0 Å². The Morgan fingerprint density at radius 3 is 2.40 bits per heavy atom. The van der Waals surface area contributed by atoms with E-state index < -0.39 is 16.8 Å². The number of carboxylic acids is 1. The zero-order valence-electron chi connectivity index (χ0n) is 10.4. The largest absolute Gasteiger partial charge is 0.478 e. The fourth-order valence-corrected chi connectivity index (χ4v) is 1.21. The van der Waals surface area contributed by atoms with E-state index in [1.165, 1.54) is 24.3 Å². The van der Waals surface area contributed by atoms with Gasteiger partial charge in [0.15, 0.2) is 0 Å². The van der Waals surface area contributed by atoms with Gasteiger partial charge in [0, 0.05) is 24.3 Å². The van der Waals surface area contributed by atoms with E-state index in [1.54, 1.807) is 6.92 Å². The average Bonchev–Trinajstić information content (AvgIpc) is 2.42. The van der Waals surface area contributed by atoms with Crippen molar-refractivity contribution in [3.63, 3.8) is 0 Å². The molecule has 0 aliphatic carbocycles. The maximum absolute atomic E-state index is 11.2. The summed E-state index contributed by atoms with van der Waals surface area (Å²) in [7, 11) is 0. The zero-order chi connectivity index (χ0) is 15.1. The molecule has 20 heavy (non-hydrogen) atoms. The first-order chi connectivity index (χ1) is 9.40. The summed E-state index contributed by atoms with van der Waals surface area (Å²) >= 11 is 0. The number of hydrogen-bond acceptors (Lipinski definition) is 5. The maximum Gasteiger partial charge on any atom is 0.328 e. The lowest BCUT2D eigenvalue weighted by atomic mass is 10.1. The van der Waals surface area contributed by atoms with E-state index in [-0.39, 0.29) is 5.69 Å². The fraction of sp³-hybridized carbons (Fsp3) is 0.0833. The van der Waals surface area contributed by atoms with Gasteiger partial charge in [0.1, 0.15) is 0 Å². The third-order valence-electron chi connectivity index (χ3n) is 2.21. The highest BCUT2D eigenvalue weighted by molar-refractivity contribution is 6.00. The zero-order valence-corrected chi connectivity index (χ0v) is 10.4. The number of benzene rings is 1. The molecule has 0 aliphatic rings. The van der Waals surface area contributed by atoms with Gasteiger partial charge < -0.3 is 5.11 Å². The molecule has 1 rings (SSSR count).